The number of rotatable bonds is 7. The van der Waals surface area contributed by atoms with Crippen molar-refractivity contribution in [3.63, 3.8) is 0 Å². The summed E-state index contributed by atoms with van der Waals surface area (Å²) in [5.41, 5.74) is 5.19. The molecule has 3 N–H and O–H groups in total. The average Bonchev–Trinajstić information content (AvgIpc) is 2.34. The Kier molecular flexibility index (Phi) is 6.22. The fraction of sp³-hybridized carbons (Fsp3) is 0.917. The third-order valence-electron chi connectivity index (χ3n) is 3.34. The third-order valence-corrected chi connectivity index (χ3v) is 5.23. The zero-order valence-electron chi connectivity index (χ0n) is 11.8. The molecule has 1 rings (SSSR count). The maximum atomic E-state index is 12.4. The van der Waals surface area contributed by atoms with Gasteiger partial charge in [0.15, 0.2) is 0 Å². The summed E-state index contributed by atoms with van der Waals surface area (Å²) >= 11 is 0. The number of hydrogen-bond donors (Lipinski definition) is 2. The largest absolute Gasteiger partial charge is 0.369 e. The van der Waals surface area contributed by atoms with Gasteiger partial charge >= 0.3 is 0 Å². The van der Waals surface area contributed by atoms with Crippen molar-refractivity contribution in [3.8, 4) is 0 Å². The van der Waals surface area contributed by atoms with Crippen LogP contribution in [0, 0.1) is 5.92 Å². The lowest BCUT2D eigenvalue weighted by atomic mass is 10.1. The number of primary amides is 1. The molecule has 1 aliphatic heterocycles. The van der Waals surface area contributed by atoms with Crippen molar-refractivity contribution in [1.29, 1.82) is 0 Å². The van der Waals surface area contributed by atoms with Crippen molar-refractivity contribution in [1.82, 2.24) is 9.62 Å². The number of carbonyl (C=O) groups excluding carboxylic acids is 1. The van der Waals surface area contributed by atoms with E-state index in [1.807, 2.05) is 13.8 Å². The molecule has 0 unspecified atom stereocenters. The molecule has 6 nitrogen and oxygen atoms in total. The number of carbonyl (C=O) groups is 1. The number of piperidine rings is 1. The van der Waals surface area contributed by atoms with E-state index in [2.05, 4.69) is 5.32 Å². The molecule has 0 aromatic heterocycles. The summed E-state index contributed by atoms with van der Waals surface area (Å²) in [4.78, 5) is 11.1. The van der Waals surface area contributed by atoms with Gasteiger partial charge < -0.3 is 11.1 Å². The van der Waals surface area contributed by atoms with Gasteiger partial charge in [0.1, 0.15) is 0 Å². The fourth-order valence-electron chi connectivity index (χ4n) is 2.20. The van der Waals surface area contributed by atoms with Crippen LogP contribution in [0.5, 0.6) is 0 Å². The average molecular weight is 291 g/mol. The van der Waals surface area contributed by atoms with Crippen molar-refractivity contribution < 1.29 is 13.2 Å². The van der Waals surface area contributed by atoms with Gasteiger partial charge in [0.05, 0.1) is 12.3 Å². The molecule has 0 aromatic rings. The van der Waals surface area contributed by atoms with Crippen LogP contribution >= 0.6 is 0 Å². The molecule has 1 amide bonds. The SMILES string of the molecule is CC(C)CCS(=O)(=O)N(CC(N)=O)C1CCNCC1. The van der Waals surface area contributed by atoms with Crippen molar-refractivity contribution >= 4 is 15.9 Å². The standard InChI is InChI=1S/C12H25N3O3S/c1-10(2)5-8-19(17,18)15(9-12(13)16)11-3-6-14-7-4-11/h10-11,14H,3-9H2,1-2H3,(H2,13,16). The summed E-state index contributed by atoms with van der Waals surface area (Å²) in [6.45, 7) is 5.32. The Hall–Kier alpha value is -0.660. The number of nitrogens with zero attached hydrogens (tertiary/aromatic N) is 1. The molecular weight excluding hydrogens is 266 g/mol. The monoisotopic (exact) mass is 291 g/mol. The van der Waals surface area contributed by atoms with Crippen molar-refractivity contribution in [2.24, 2.45) is 11.7 Å². The summed E-state index contributed by atoms with van der Waals surface area (Å²) in [5, 5.41) is 3.19. The molecule has 0 aromatic carbocycles. The lowest BCUT2D eigenvalue weighted by Crippen LogP contribution is -2.50. The maximum Gasteiger partial charge on any atom is 0.232 e. The second-order valence-electron chi connectivity index (χ2n) is 5.49. The van der Waals surface area contributed by atoms with Gasteiger partial charge in [-0.05, 0) is 38.3 Å². The first kappa shape index (κ1) is 16.4. The highest BCUT2D eigenvalue weighted by Gasteiger charge is 2.31. The number of sulfonamides is 1. The highest BCUT2D eigenvalue weighted by atomic mass is 32.2. The van der Waals surface area contributed by atoms with E-state index in [1.54, 1.807) is 0 Å². The molecule has 0 aliphatic carbocycles. The van der Waals surface area contributed by atoms with Crippen molar-refractivity contribution in [2.75, 3.05) is 25.4 Å². The Bertz CT molecular complexity index is 389. The molecule has 0 bridgehead atoms. The fourth-order valence-corrected chi connectivity index (χ4v) is 4.20. The lowest BCUT2D eigenvalue weighted by Gasteiger charge is -2.33. The van der Waals surface area contributed by atoms with E-state index in [1.165, 1.54) is 4.31 Å². The number of hydrogen-bond acceptors (Lipinski definition) is 4. The van der Waals surface area contributed by atoms with E-state index in [0.29, 0.717) is 12.3 Å². The van der Waals surface area contributed by atoms with E-state index < -0.39 is 15.9 Å². The third kappa shape index (κ3) is 5.46. The second-order valence-corrected chi connectivity index (χ2v) is 7.53. The lowest BCUT2D eigenvalue weighted by molar-refractivity contribution is -0.118. The van der Waals surface area contributed by atoms with Gasteiger partial charge in [0.2, 0.25) is 15.9 Å². The highest BCUT2D eigenvalue weighted by Crippen LogP contribution is 2.18. The quantitative estimate of drug-likeness (QED) is 0.685. The minimum absolute atomic E-state index is 0.0852. The van der Waals surface area contributed by atoms with Gasteiger partial charge in [0, 0.05) is 6.04 Å². The molecule has 0 radical (unpaired) electrons. The number of amides is 1. The topological polar surface area (TPSA) is 92.5 Å². The number of nitrogens with two attached hydrogens (primary N) is 1. The van der Waals surface area contributed by atoms with Gasteiger partial charge in [-0.2, -0.15) is 4.31 Å². The van der Waals surface area contributed by atoms with Crippen LogP contribution in [0.25, 0.3) is 0 Å². The second kappa shape index (κ2) is 7.21. The summed E-state index contributed by atoms with van der Waals surface area (Å²) < 4.78 is 26.1. The molecule has 112 valence electrons. The zero-order valence-corrected chi connectivity index (χ0v) is 12.6. The molecule has 19 heavy (non-hydrogen) atoms. The first-order valence-electron chi connectivity index (χ1n) is 6.81. The Balaban J connectivity index is 2.79. The Labute approximate surface area is 115 Å². The molecule has 0 spiro atoms. The molecule has 7 heteroatoms. The summed E-state index contributed by atoms with van der Waals surface area (Å²) in [5.74, 6) is -0.188. The normalized spacial score (nSPS) is 18.1. The van der Waals surface area contributed by atoms with Crippen LogP contribution in [0.4, 0.5) is 0 Å². The van der Waals surface area contributed by atoms with Gasteiger partial charge in [-0.3, -0.25) is 4.79 Å². The van der Waals surface area contributed by atoms with Crippen LogP contribution in [0.3, 0.4) is 0 Å². The van der Waals surface area contributed by atoms with Gasteiger partial charge in [-0.15, -0.1) is 0 Å². The van der Waals surface area contributed by atoms with Gasteiger partial charge in [0.25, 0.3) is 0 Å². The minimum atomic E-state index is -3.41. The Morgan fingerprint density at radius 1 is 1.37 bits per heavy atom. The van der Waals surface area contributed by atoms with E-state index in [-0.39, 0.29) is 18.3 Å². The number of nitrogens with one attached hydrogen (secondary N) is 1. The van der Waals surface area contributed by atoms with E-state index in [0.717, 1.165) is 25.9 Å². The van der Waals surface area contributed by atoms with Crippen LogP contribution in [0.2, 0.25) is 0 Å². The van der Waals surface area contributed by atoms with Crippen LogP contribution in [-0.2, 0) is 14.8 Å². The van der Waals surface area contributed by atoms with E-state index in [4.69, 9.17) is 5.73 Å². The summed E-state index contributed by atoms with van der Waals surface area (Å²) in [6, 6.07) is -0.106. The van der Waals surface area contributed by atoms with Crippen molar-refractivity contribution in [3.05, 3.63) is 0 Å². The Morgan fingerprint density at radius 2 is 1.95 bits per heavy atom. The first-order valence-corrected chi connectivity index (χ1v) is 8.42. The molecular formula is C12H25N3O3S. The van der Waals surface area contributed by atoms with E-state index in [9.17, 15) is 13.2 Å². The van der Waals surface area contributed by atoms with Crippen LogP contribution < -0.4 is 11.1 Å². The molecule has 1 fully saturated rings. The minimum Gasteiger partial charge on any atom is -0.369 e. The molecule has 0 atom stereocenters. The predicted molar refractivity (Wildman–Crippen MR) is 75.0 cm³/mol. The molecule has 1 aliphatic rings. The van der Waals surface area contributed by atoms with E-state index >= 15 is 0 Å². The first-order chi connectivity index (χ1) is 8.83. The van der Waals surface area contributed by atoms with Gasteiger partial charge in [-0.1, -0.05) is 13.8 Å². The highest BCUT2D eigenvalue weighted by molar-refractivity contribution is 7.89. The predicted octanol–water partition coefficient (Wildman–Crippen LogP) is -0.0984. The van der Waals surface area contributed by atoms with Crippen LogP contribution in [0.1, 0.15) is 33.1 Å². The van der Waals surface area contributed by atoms with Gasteiger partial charge in [-0.25, -0.2) is 8.42 Å². The maximum absolute atomic E-state index is 12.4. The Morgan fingerprint density at radius 3 is 2.42 bits per heavy atom. The molecule has 0 saturated carbocycles. The molecule has 1 heterocycles. The smallest absolute Gasteiger partial charge is 0.232 e. The summed E-state index contributed by atoms with van der Waals surface area (Å²) in [6.07, 6.45) is 2.06. The zero-order chi connectivity index (χ0) is 14.5. The van der Waals surface area contributed by atoms with Crippen molar-refractivity contribution in [2.45, 2.75) is 39.2 Å². The molecule has 1 saturated heterocycles. The summed E-state index contributed by atoms with van der Waals surface area (Å²) in [7, 11) is -3.41. The van der Waals surface area contributed by atoms with Crippen LogP contribution in [-0.4, -0.2) is 50.1 Å². The van der Waals surface area contributed by atoms with Crippen LogP contribution in [0.15, 0.2) is 0 Å².